The van der Waals surface area contributed by atoms with E-state index in [9.17, 15) is 14.4 Å². The van der Waals surface area contributed by atoms with Crippen LogP contribution in [0.1, 0.15) is 28.6 Å². The predicted molar refractivity (Wildman–Crippen MR) is 94.2 cm³/mol. The van der Waals surface area contributed by atoms with Gasteiger partial charge in [0, 0.05) is 28.3 Å². The second-order valence-electron chi connectivity index (χ2n) is 5.20. The van der Waals surface area contributed by atoms with Crippen molar-refractivity contribution in [3.63, 3.8) is 0 Å². The zero-order chi connectivity index (χ0) is 16.7. The maximum Gasteiger partial charge on any atom is 0.332 e. The van der Waals surface area contributed by atoms with E-state index in [2.05, 4.69) is 21.2 Å². The number of rotatable bonds is 3. The molecule has 0 amide bonds. The van der Waals surface area contributed by atoms with Crippen LogP contribution in [0.3, 0.4) is 0 Å². The van der Waals surface area contributed by atoms with Gasteiger partial charge in [0.1, 0.15) is 11.4 Å². The summed E-state index contributed by atoms with van der Waals surface area (Å²) in [4.78, 5) is 38.0. The Balaban J connectivity index is 2.17. The van der Waals surface area contributed by atoms with Crippen molar-refractivity contribution < 1.29 is 4.79 Å². The number of nitrogens with zero attached hydrogens (tertiary/aromatic N) is 2. The van der Waals surface area contributed by atoms with Gasteiger partial charge >= 0.3 is 5.69 Å². The fourth-order valence-corrected chi connectivity index (χ4v) is 3.88. The smallest absolute Gasteiger partial charge is 0.332 e. The van der Waals surface area contributed by atoms with E-state index in [0.29, 0.717) is 18.1 Å². The number of ketones is 1. The molecule has 1 aliphatic rings. The summed E-state index contributed by atoms with van der Waals surface area (Å²) in [6.07, 6.45) is 2.41. The van der Waals surface area contributed by atoms with Crippen molar-refractivity contribution in [3.8, 4) is 0 Å². The molecule has 0 saturated heterocycles. The number of thiophene rings is 1. The number of allylic oxidation sites excluding steroid dienone is 1. The van der Waals surface area contributed by atoms with Gasteiger partial charge in [-0.3, -0.25) is 18.7 Å². The number of fused-ring (bicyclic) bond motifs is 1. The quantitative estimate of drug-likeness (QED) is 0.809. The normalized spacial score (nSPS) is 15.1. The predicted octanol–water partition coefficient (Wildman–Crippen LogP) is 2.43. The molecule has 1 N–H and O–H groups in total. The van der Waals surface area contributed by atoms with E-state index in [-0.39, 0.29) is 11.3 Å². The van der Waals surface area contributed by atoms with Gasteiger partial charge in [-0.05, 0) is 34.5 Å². The van der Waals surface area contributed by atoms with Gasteiger partial charge in [-0.2, -0.15) is 0 Å². The molecule has 3 rings (SSSR count). The van der Waals surface area contributed by atoms with Crippen molar-refractivity contribution in [2.75, 3.05) is 5.32 Å². The fraction of sp³-hybridized carbons (Fsp3) is 0.267. The maximum atomic E-state index is 12.6. The average molecular weight is 396 g/mol. The van der Waals surface area contributed by atoms with E-state index in [1.54, 1.807) is 6.08 Å². The van der Waals surface area contributed by atoms with Crippen LogP contribution in [0.25, 0.3) is 6.08 Å². The molecule has 0 atom stereocenters. The average Bonchev–Trinajstić information content (AvgIpc) is 3.06. The number of nitrogens with one attached hydrogen (secondary N) is 1. The molecule has 0 spiro atoms. The molecule has 0 aromatic carbocycles. The van der Waals surface area contributed by atoms with Crippen LogP contribution in [0.4, 0.5) is 5.82 Å². The monoisotopic (exact) mass is 395 g/mol. The Labute approximate surface area is 144 Å². The van der Waals surface area contributed by atoms with Crippen molar-refractivity contribution in [3.05, 3.63) is 52.9 Å². The van der Waals surface area contributed by atoms with Crippen molar-refractivity contribution >= 4 is 44.9 Å². The number of carbonyl (C=O) groups is 1. The third-order valence-electron chi connectivity index (χ3n) is 3.59. The third kappa shape index (κ3) is 2.61. The zero-order valence-corrected chi connectivity index (χ0v) is 15.0. The van der Waals surface area contributed by atoms with Crippen LogP contribution in [0.5, 0.6) is 0 Å². The molecule has 2 aromatic heterocycles. The highest BCUT2D eigenvalue weighted by molar-refractivity contribution is 9.10. The minimum absolute atomic E-state index is 0.0300. The van der Waals surface area contributed by atoms with Crippen LogP contribution in [-0.4, -0.2) is 14.9 Å². The topological polar surface area (TPSA) is 73.1 Å². The van der Waals surface area contributed by atoms with E-state index in [1.165, 1.54) is 23.0 Å². The molecule has 2 aromatic rings. The number of anilines is 1. The fourth-order valence-electron chi connectivity index (χ4n) is 2.50. The van der Waals surface area contributed by atoms with E-state index in [4.69, 9.17) is 0 Å². The van der Waals surface area contributed by atoms with Crippen LogP contribution in [-0.2, 0) is 13.6 Å². The highest BCUT2D eigenvalue weighted by Gasteiger charge is 2.32. The highest BCUT2D eigenvalue weighted by atomic mass is 79.9. The molecule has 0 unspecified atom stereocenters. The van der Waals surface area contributed by atoms with Crippen LogP contribution in [0, 0.1) is 0 Å². The molecular formula is C15H14BrN3O3S. The first-order chi connectivity index (χ1) is 10.9. The van der Waals surface area contributed by atoms with Gasteiger partial charge in [-0.1, -0.05) is 6.92 Å². The SMILES string of the molecule is CCCn1c2c(c(=O)n(C)c1=O)C(=O)C(=Cc1cc(Br)cs1)N2. The van der Waals surface area contributed by atoms with Crippen LogP contribution < -0.4 is 16.6 Å². The second kappa shape index (κ2) is 5.93. The summed E-state index contributed by atoms with van der Waals surface area (Å²) in [5.41, 5.74) is -0.647. The summed E-state index contributed by atoms with van der Waals surface area (Å²) in [7, 11) is 1.39. The van der Waals surface area contributed by atoms with Gasteiger partial charge in [-0.25, -0.2) is 4.79 Å². The lowest BCUT2D eigenvalue weighted by atomic mass is 10.2. The molecule has 6 nitrogen and oxygen atoms in total. The summed E-state index contributed by atoms with van der Waals surface area (Å²) in [5, 5.41) is 4.86. The lowest BCUT2D eigenvalue weighted by Gasteiger charge is -2.11. The lowest BCUT2D eigenvalue weighted by Crippen LogP contribution is -2.40. The number of hydrogen-bond donors (Lipinski definition) is 1. The Kier molecular flexibility index (Phi) is 4.11. The number of aromatic nitrogens is 2. The molecular weight excluding hydrogens is 382 g/mol. The first kappa shape index (κ1) is 15.9. The molecule has 0 fully saturated rings. The lowest BCUT2D eigenvalue weighted by molar-refractivity contribution is 0.104. The molecule has 3 heterocycles. The first-order valence-corrected chi connectivity index (χ1v) is 8.72. The van der Waals surface area contributed by atoms with Gasteiger partial charge in [0.25, 0.3) is 5.56 Å². The summed E-state index contributed by atoms with van der Waals surface area (Å²) < 4.78 is 3.36. The Bertz CT molecular complexity index is 952. The molecule has 0 aliphatic carbocycles. The van der Waals surface area contributed by atoms with Gasteiger partial charge in [0.05, 0.1) is 5.70 Å². The number of Topliss-reactive ketones (excluding diaryl/α,β-unsaturated/α-hetero) is 1. The standard InChI is InChI=1S/C15H14BrN3O3S/c1-3-4-19-13-11(14(21)18(2)15(19)22)12(20)10(17-13)6-9-5-8(16)7-23-9/h5-7,17H,3-4H2,1-2H3. The molecule has 0 radical (unpaired) electrons. The Morgan fingerprint density at radius 3 is 2.70 bits per heavy atom. The zero-order valence-electron chi connectivity index (χ0n) is 12.6. The maximum absolute atomic E-state index is 12.6. The van der Waals surface area contributed by atoms with E-state index >= 15 is 0 Å². The van der Waals surface area contributed by atoms with Crippen molar-refractivity contribution in [1.29, 1.82) is 0 Å². The number of carbonyl (C=O) groups excluding carboxylic acids is 1. The molecule has 0 saturated carbocycles. The number of hydrogen-bond acceptors (Lipinski definition) is 5. The van der Waals surface area contributed by atoms with E-state index in [1.807, 2.05) is 18.4 Å². The molecule has 0 bridgehead atoms. The first-order valence-electron chi connectivity index (χ1n) is 7.05. The van der Waals surface area contributed by atoms with Crippen molar-refractivity contribution in [2.24, 2.45) is 7.05 Å². The van der Waals surface area contributed by atoms with Crippen molar-refractivity contribution in [1.82, 2.24) is 9.13 Å². The second-order valence-corrected chi connectivity index (χ2v) is 7.06. The Morgan fingerprint density at radius 1 is 1.35 bits per heavy atom. The summed E-state index contributed by atoms with van der Waals surface area (Å²) in [5.74, 6) is -0.0817. The van der Waals surface area contributed by atoms with Crippen molar-refractivity contribution in [2.45, 2.75) is 19.9 Å². The molecule has 1 aliphatic heterocycles. The van der Waals surface area contributed by atoms with Crippen LogP contribution in [0.15, 0.2) is 31.2 Å². The van der Waals surface area contributed by atoms with Gasteiger partial charge in [0.2, 0.25) is 5.78 Å². The van der Waals surface area contributed by atoms with E-state index in [0.717, 1.165) is 20.3 Å². The van der Waals surface area contributed by atoms with Crippen LogP contribution in [0.2, 0.25) is 0 Å². The van der Waals surface area contributed by atoms with Crippen LogP contribution >= 0.6 is 27.3 Å². The molecule has 23 heavy (non-hydrogen) atoms. The van der Waals surface area contributed by atoms with Gasteiger partial charge < -0.3 is 5.32 Å². The third-order valence-corrected chi connectivity index (χ3v) is 5.23. The highest BCUT2D eigenvalue weighted by Crippen LogP contribution is 2.28. The minimum atomic E-state index is -0.564. The van der Waals surface area contributed by atoms with Gasteiger partial charge in [-0.15, -0.1) is 11.3 Å². The Hall–Kier alpha value is -1.93. The van der Waals surface area contributed by atoms with Gasteiger partial charge in [0.15, 0.2) is 0 Å². The summed E-state index contributed by atoms with van der Waals surface area (Å²) in [6.45, 7) is 2.37. The van der Waals surface area contributed by atoms with E-state index < -0.39 is 11.2 Å². The molecule has 120 valence electrons. The number of halogens is 1. The largest absolute Gasteiger partial charge is 0.337 e. The minimum Gasteiger partial charge on any atom is -0.337 e. The summed E-state index contributed by atoms with van der Waals surface area (Å²) >= 11 is 4.84. The molecule has 8 heteroatoms. The summed E-state index contributed by atoms with van der Waals surface area (Å²) in [6, 6.07) is 1.88. The Morgan fingerprint density at radius 2 is 2.09 bits per heavy atom.